The van der Waals surface area contributed by atoms with Gasteiger partial charge in [-0.2, -0.15) is 13.2 Å². The molecule has 1 aliphatic heterocycles. The molecule has 1 aromatic carbocycles. The predicted octanol–water partition coefficient (Wildman–Crippen LogP) is 4.19. The van der Waals surface area contributed by atoms with Crippen molar-refractivity contribution in [2.75, 3.05) is 0 Å². The summed E-state index contributed by atoms with van der Waals surface area (Å²) in [6, 6.07) is 6.93. The number of hydrogen-bond acceptors (Lipinski definition) is 3. The van der Waals surface area contributed by atoms with E-state index in [1.165, 1.54) is 13.0 Å². The Morgan fingerprint density at radius 2 is 2.00 bits per heavy atom. The smallest absolute Gasteiger partial charge is 0.431 e. The largest absolute Gasteiger partial charge is 0.457 e. The number of halogens is 3. The maximum atomic E-state index is 12.9. The number of allylic oxidation sites excluding steroid dienone is 2. The molecule has 2 heterocycles. The van der Waals surface area contributed by atoms with E-state index in [9.17, 15) is 22.8 Å². The van der Waals surface area contributed by atoms with Crippen molar-refractivity contribution < 1.29 is 22.7 Å². The Bertz CT molecular complexity index is 1100. The van der Waals surface area contributed by atoms with Crippen molar-refractivity contribution in [2.24, 2.45) is 0 Å². The third-order valence-corrected chi connectivity index (χ3v) is 4.43. The van der Waals surface area contributed by atoms with Crippen LogP contribution in [0, 0.1) is 6.92 Å². The minimum atomic E-state index is -4.73. The molecule has 0 saturated heterocycles. The number of ether oxygens (including phenoxy) is 1. The number of fused-ring (bicyclic) bond motifs is 1. The third-order valence-electron chi connectivity index (χ3n) is 4.43. The summed E-state index contributed by atoms with van der Waals surface area (Å²) in [7, 11) is 0. The molecule has 3 rings (SSSR count). The fourth-order valence-electron chi connectivity index (χ4n) is 3.13. The Labute approximate surface area is 164 Å². The monoisotopic (exact) mass is 402 g/mol. The van der Waals surface area contributed by atoms with Gasteiger partial charge in [0.05, 0.1) is 6.04 Å². The number of aromatic nitrogens is 1. The summed E-state index contributed by atoms with van der Waals surface area (Å²) in [5.41, 5.74) is -1.70. The van der Waals surface area contributed by atoms with Crippen LogP contribution in [0.3, 0.4) is 0 Å². The summed E-state index contributed by atoms with van der Waals surface area (Å²) in [4.78, 5) is 26.8. The molecule has 0 fully saturated rings. The Balaban J connectivity index is 2.04. The second-order valence-corrected chi connectivity index (χ2v) is 6.40. The molecule has 0 saturated carbocycles. The van der Waals surface area contributed by atoms with Crippen LogP contribution in [0.25, 0.3) is 0 Å². The lowest BCUT2D eigenvalue weighted by atomic mass is 9.93. The summed E-state index contributed by atoms with van der Waals surface area (Å²) < 4.78 is 44.3. The van der Waals surface area contributed by atoms with E-state index in [2.05, 4.69) is 18.5 Å². The lowest BCUT2D eigenvalue weighted by molar-refractivity contribution is -0.141. The van der Waals surface area contributed by atoms with Gasteiger partial charge in [-0.25, -0.2) is 0 Å². The van der Waals surface area contributed by atoms with Gasteiger partial charge in [0.25, 0.3) is 11.5 Å². The normalized spacial score (nSPS) is 17.4. The molecular formula is C21H17F3N2O3. The topological polar surface area (TPSA) is 71.2 Å². The Hall–Kier alpha value is -3.55. The number of rotatable bonds is 3. The first-order valence-electron chi connectivity index (χ1n) is 8.54. The Morgan fingerprint density at radius 1 is 1.31 bits per heavy atom. The molecule has 0 aliphatic carbocycles. The molecule has 29 heavy (non-hydrogen) atoms. The van der Waals surface area contributed by atoms with Crippen LogP contribution in [0.4, 0.5) is 13.2 Å². The van der Waals surface area contributed by atoms with Gasteiger partial charge in [0, 0.05) is 11.1 Å². The summed E-state index contributed by atoms with van der Waals surface area (Å²) in [6.07, 6.45) is -1.63. The van der Waals surface area contributed by atoms with Gasteiger partial charge in [0.1, 0.15) is 22.8 Å². The first-order chi connectivity index (χ1) is 13.6. The predicted molar refractivity (Wildman–Crippen MR) is 101 cm³/mol. The number of hydrogen-bond donors (Lipinski definition) is 2. The van der Waals surface area contributed by atoms with E-state index in [-0.39, 0.29) is 11.3 Å². The van der Waals surface area contributed by atoms with Gasteiger partial charge in [-0.3, -0.25) is 9.59 Å². The average molecular weight is 402 g/mol. The third kappa shape index (κ3) is 3.87. The van der Waals surface area contributed by atoms with Crippen molar-refractivity contribution in [3.05, 3.63) is 99.7 Å². The van der Waals surface area contributed by atoms with E-state index in [1.54, 1.807) is 35.3 Å². The average Bonchev–Trinajstić information content (AvgIpc) is 2.63. The molecule has 8 heteroatoms. The Morgan fingerprint density at radius 3 is 2.62 bits per heavy atom. The molecule has 0 bridgehead atoms. The number of carbonyl (C=O) groups is 1. The standard InChI is InChI=1S/C21H17F3N2O3/c1-4-7-13-12(3)29-15-9-6-5-8-14(15)18(13)26-20(28)17-11(2)10-16(21(22,23)24)25-19(17)27/h4-10,18H,1,3H2,2H3,(H,25,27)(H,26,28)/b13-7+. The lowest BCUT2D eigenvalue weighted by Gasteiger charge is -2.30. The van der Waals surface area contributed by atoms with Crippen LogP contribution in [0.5, 0.6) is 5.75 Å². The highest BCUT2D eigenvalue weighted by Crippen LogP contribution is 2.39. The zero-order valence-electron chi connectivity index (χ0n) is 15.4. The van der Waals surface area contributed by atoms with Crippen molar-refractivity contribution in [3.63, 3.8) is 0 Å². The van der Waals surface area contributed by atoms with E-state index >= 15 is 0 Å². The second-order valence-electron chi connectivity index (χ2n) is 6.40. The van der Waals surface area contributed by atoms with Crippen LogP contribution >= 0.6 is 0 Å². The fraction of sp³-hybridized carbons (Fsp3) is 0.143. The van der Waals surface area contributed by atoms with Crippen LogP contribution in [-0.2, 0) is 6.18 Å². The summed E-state index contributed by atoms with van der Waals surface area (Å²) in [6.45, 7) is 8.74. The number of aryl methyl sites for hydroxylation is 1. The molecule has 1 atom stereocenters. The zero-order valence-corrected chi connectivity index (χ0v) is 15.4. The minimum absolute atomic E-state index is 0.0907. The van der Waals surface area contributed by atoms with Crippen LogP contribution in [-0.4, -0.2) is 10.9 Å². The van der Waals surface area contributed by atoms with E-state index in [0.29, 0.717) is 16.9 Å². The first kappa shape index (κ1) is 20.2. The van der Waals surface area contributed by atoms with E-state index in [0.717, 1.165) is 6.07 Å². The number of amides is 1. The van der Waals surface area contributed by atoms with Gasteiger partial charge in [0.15, 0.2) is 0 Å². The molecule has 1 unspecified atom stereocenters. The quantitative estimate of drug-likeness (QED) is 0.809. The maximum Gasteiger partial charge on any atom is 0.431 e. The van der Waals surface area contributed by atoms with E-state index < -0.39 is 34.9 Å². The number of benzene rings is 1. The van der Waals surface area contributed by atoms with Crippen molar-refractivity contribution in [2.45, 2.75) is 19.1 Å². The first-order valence-corrected chi connectivity index (χ1v) is 8.54. The number of aromatic amines is 1. The van der Waals surface area contributed by atoms with Crippen LogP contribution in [0.2, 0.25) is 0 Å². The highest BCUT2D eigenvalue weighted by atomic mass is 19.4. The molecule has 1 aliphatic rings. The minimum Gasteiger partial charge on any atom is -0.457 e. The molecule has 0 radical (unpaired) electrons. The fourth-order valence-corrected chi connectivity index (χ4v) is 3.13. The van der Waals surface area contributed by atoms with Crippen molar-refractivity contribution in [1.29, 1.82) is 0 Å². The highest BCUT2D eigenvalue weighted by molar-refractivity contribution is 5.96. The molecule has 2 aromatic rings. The van der Waals surface area contributed by atoms with Crippen molar-refractivity contribution in [3.8, 4) is 5.75 Å². The van der Waals surface area contributed by atoms with Gasteiger partial charge >= 0.3 is 6.18 Å². The molecule has 2 N–H and O–H groups in total. The highest BCUT2D eigenvalue weighted by Gasteiger charge is 2.34. The van der Waals surface area contributed by atoms with Gasteiger partial charge < -0.3 is 15.0 Å². The van der Waals surface area contributed by atoms with Crippen molar-refractivity contribution >= 4 is 5.91 Å². The number of nitrogens with one attached hydrogen (secondary N) is 2. The van der Waals surface area contributed by atoms with Gasteiger partial charge in [-0.1, -0.05) is 43.5 Å². The van der Waals surface area contributed by atoms with Gasteiger partial charge in [0.2, 0.25) is 0 Å². The molecule has 1 aromatic heterocycles. The Kier molecular flexibility index (Phi) is 5.19. The number of carbonyl (C=O) groups excluding carboxylic acids is 1. The number of pyridine rings is 1. The van der Waals surface area contributed by atoms with E-state index in [4.69, 9.17) is 4.74 Å². The maximum absolute atomic E-state index is 12.9. The zero-order chi connectivity index (χ0) is 21.3. The second kappa shape index (κ2) is 7.46. The summed E-state index contributed by atoms with van der Waals surface area (Å²) in [5.74, 6) is -0.0593. The molecule has 1 amide bonds. The number of alkyl halides is 3. The molecule has 5 nitrogen and oxygen atoms in total. The molecule has 150 valence electrons. The van der Waals surface area contributed by atoms with E-state index in [1.807, 2.05) is 0 Å². The van der Waals surface area contributed by atoms with Crippen LogP contribution in [0.15, 0.2) is 71.8 Å². The van der Waals surface area contributed by atoms with Gasteiger partial charge in [-0.05, 0) is 24.6 Å². The number of H-pyrrole nitrogens is 1. The summed E-state index contributed by atoms with van der Waals surface area (Å²) in [5, 5.41) is 2.70. The van der Waals surface area contributed by atoms with Crippen molar-refractivity contribution in [1.82, 2.24) is 10.3 Å². The van der Waals surface area contributed by atoms with Crippen LogP contribution in [0.1, 0.15) is 33.2 Å². The van der Waals surface area contributed by atoms with Crippen LogP contribution < -0.4 is 15.6 Å². The van der Waals surface area contributed by atoms with Gasteiger partial charge in [-0.15, -0.1) is 0 Å². The number of para-hydroxylation sites is 1. The SMILES string of the molecule is C=C/C=C1\C(=C)Oc2ccccc2C1NC(=O)c1c(C)cc(C(F)(F)F)[nH]c1=O. The lowest BCUT2D eigenvalue weighted by Crippen LogP contribution is -2.37. The molecule has 0 spiro atoms. The summed E-state index contributed by atoms with van der Waals surface area (Å²) >= 11 is 0. The molecular weight excluding hydrogens is 385 g/mol.